The molecule has 3 rings (SSSR count). The van der Waals surface area contributed by atoms with Crippen LogP contribution in [0.5, 0.6) is 11.5 Å². The third-order valence-electron chi connectivity index (χ3n) is 3.09. The summed E-state index contributed by atoms with van der Waals surface area (Å²) in [6, 6.07) is 4.97. The van der Waals surface area contributed by atoms with Gasteiger partial charge in [-0.15, -0.1) is 0 Å². The summed E-state index contributed by atoms with van der Waals surface area (Å²) in [4.78, 5) is 15.1. The van der Waals surface area contributed by atoms with Crippen molar-refractivity contribution in [1.82, 2.24) is 10.1 Å². The summed E-state index contributed by atoms with van der Waals surface area (Å²) in [6.07, 6.45) is 2.97. The fourth-order valence-electron chi connectivity index (χ4n) is 1.84. The molecule has 1 heterocycles. The van der Waals surface area contributed by atoms with Crippen molar-refractivity contribution in [3.63, 3.8) is 0 Å². The van der Waals surface area contributed by atoms with Crippen LogP contribution in [0.2, 0.25) is 0 Å². The van der Waals surface area contributed by atoms with Gasteiger partial charge in [-0.05, 0) is 31.0 Å². The van der Waals surface area contributed by atoms with Crippen LogP contribution in [-0.4, -0.2) is 23.5 Å². The van der Waals surface area contributed by atoms with E-state index in [2.05, 4.69) is 10.1 Å². The summed E-state index contributed by atoms with van der Waals surface area (Å²) in [5.74, 6) is 2.63. The fourth-order valence-corrected chi connectivity index (χ4v) is 1.84. The molecule has 0 saturated heterocycles. The molecule has 20 heavy (non-hydrogen) atoms. The largest absolute Gasteiger partial charge is 0.493 e. The van der Waals surface area contributed by atoms with Crippen molar-refractivity contribution in [2.75, 3.05) is 7.11 Å². The molecule has 1 aliphatic carbocycles. The predicted octanol–water partition coefficient (Wildman–Crippen LogP) is 2.35. The second-order valence-corrected chi connectivity index (χ2v) is 4.64. The van der Waals surface area contributed by atoms with E-state index in [9.17, 15) is 4.79 Å². The van der Waals surface area contributed by atoms with Gasteiger partial charge in [0.15, 0.2) is 18.1 Å². The van der Waals surface area contributed by atoms with Gasteiger partial charge in [0.05, 0.1) is 7.11 Å². The monoisotopic (exact) mass is 274 g/mol. The third-order valence-corrected chi connectivity index (χ3v) is 3.09. The minimum absolute atomic E-state index is 0.175. The summed E-state index contributed by atoms with van der Waals surface area (Å²) in [5, 5.41) is 3.87. The highest BCUT2D eigenvalue weighted by Crippen LogP contribution is 2.38. The molecule has 1 aliphatic rings. The third kappa shape index (κ3) is 2.64. The molecular weight excluding hydrogens is 260 g/mol. The lowest BCUT2D eigenvalue weighted by Crippen LogP contribution is -2.00. The van der Waals surface area contributed by atoms with Gasteiger partial charge in [0.25, 0.3) is 0 Å². The van der Waals surface area contributed by atoms with Crippen LogP contribution in [0.1, 0.15) is 40.8 Å². The summed E-state index contributed by atoms with van der Waals surface area (Å²) < 4.78 is 15.9. The Labute approximate surface area is 115 Å². The summed E-state index contributed by atoms with van der Waals surface area (Å²) in [5.41, 5.74) is 0.521. The molecule has 2 aromatic rings. The number of ether oxygens (including phenoxy) is 2. The Kier molecular flexibility index (Phi) is 3.37. The van der Waals surface area contributed by atoms with Gasteiger partial charge in [0.2, 0.25) is 11.7 Å². The zero-order chi connectivity index (χ0) is 13.9. The van der Waals surface area contributed by atoms with Gasteiger partial charge in [-0.3, -0.25) is 4.79 Å². The summed E-state index contributed by atoms with van der Waals surface area (Å²) in [6.45, 7) is 0.175. The second kappa shape index (κ2) is 5.32. The first-order valence-corrected chi connectivity index (χ1v) is 6.38. The number of hydrogen-bond acceptors (Lipinski definition) is 6. The zero-order valence-corrected chi connectivity index (χ0v) is 11.0. The molecule has 0 atom stereocenters. The Morgan fingerprint density at radius 3 is 2.95 bits per heavy atom. The maximum absolute atomic E-state index is 10.8. The highest BCUT2D eigenvalue weighted by molar-refractivity contribution is 5.76. The molecule has 0 bridgehead atoms. The van der Waals surface area contributed by atoms with Crippen molar-refractivity contribution >= 4 is 6.29 Å². The highest BCUT2D eigenvalue weighted by Gasteiger charge is 2.29. The van der Waals surface area contributed by atoms with Gasteiger partial charge >= 0.3 is 0 Å². The molecule has 0 unspecified atom stereocenters. The van der Waals surface area contributed by atoms with E-state index < -0.39 is 0 Å². The van der Waals surface area contributed by atoms with Crippen molar-refractivity contribution in [3.8, 4) is 11.5 Å². The quantitative estimate of drug-likeness (QED) is 0.753. The molecule has 104 valence electrons. The van der Waals surface area contributed by atoms with Crippen LogP contribution in [0, 0.1) is 0 Å². The van der Waals surface area contributed by atoms with Gasteiger partial charge in [-0.2, -0.15) is 4.98 Å². The van der Waals surface area contributed by atoms with Gasteiger partial charge < -0.3 is 14.0 Å². The van der Waals surface area contributed by atoms with Crippen molar-refractivity contribution in [3.05, 3.63) is 35.5 Å². The normalized spacial score (nSPS) is 14.1. The average molecular weight is 274 g/mol. The lowest BCUT2D eigenvalue weighted by Gasteiger charge is -2.09. The van der Waals surface area contributed by atoms with Crippen molar-refractivity contribution < 1.29 is 18.8 Å². The number of carbonyl (C=O) groups is 1. The van der Waals surface area contributed by atoms with E-state index in [1.807, 2.05) is 0 Å². The first-order valence-electron chi connectivity index (χ1n) is 6.38. The van der Waals surface area contributed by atoms with Gasteiger partial charge in [0.1, 0.15) is 6.29 Å². The second-order valence-electron chi connectivity index (χ2n) is 4.64. The molecule has 1 fully saturated rings. The molecule has 6 nitrogen and oxygen atoms in total. The molecule has 0 amide bonds. The Hall–Kier alpha value is -2.37. The molecule has 1 aromatic carbocycles. The molecular formula is C14H14N2O4. The van der Waals surface area contributed by atoms with E-state index in [0.29, 0.717) is 34.7 Å². The van der Waals surface area contributed by atoms with Crippen molar-refractivity contribution in [1.29, 1.82) is 0 Å². The summed E-state index contributed by atoms with van der Waals surface area (Å²) in [7, 11) is 1.54. The van der Waals surface area contributed by atoms with Crippen LogP contribution in [0.4, 0.5) is 0 Å². The lowest BCUT2D eigenvalue weighted by atomic mass is 10.2. The van der Waals surface area contributed by atoms with E-state index >= 15 is 0 Å². The van der Waals surface area contributed by atoms with Gasteiger partial charge in [-0.25, -0.2) is 0 Å². The molecule has 0 N–H and O–H groups in total. The van der Waals surface area contributed by atoms with E-state index in [1.165, 1.54) is 0 Å². The van der Waals surface area contributed by atoms with E-state index in [0.717, 1.165) is 19.1 Å². The Bertz CT molecular complexity index is 619. The number of aromatic nitrogens is 2. The molecule has 6 heteroatoms. The Morgan fingerprint density at radius 2 is 2.25 bits per heavy atom. The van der Waals surface area contributed by atoms with E-state index in [-0.39, 0.29) is 6.61 Å². The maximum Gasteiger partial charge on any atom is 0.229 e. The topological polar surface area (TPSA) is 74.5 Å². The van der Waals surface area contributed by atoms with Crippen LogP contribution in [-0.2, 0) is 6.61 Å². The number of nitrogens with zero attached hydrogens (tertiary/aromatic N) is 2. The van der Waals surface area contributed by atoms with Crippen LogP contribution in [0.25, 0.3) is 0 Å². The summed E-state index contributed by atoms with van der Waals surface area (Å²) >= 11 is 0. The number of rotatable bonds is 6. The van der Waals surface area contributed by atoms with Crippen LogP contribution in [0.3, 0.4) is 0 Å². The van der Waals surface area contributed by atoms with Gasteiger partial charge in [-0.1, -0.05) is 5.16 Å². The smallest absolute Gasteiger partial charge is 0.229 e. The molecule has 0 aliphatic heterocycles. The highest BCUT2D eigenvalue weighted by atomic mass is 16.5. The molecule has 1 saturated carbocycles. The molecule has 1 aromatic heterocycles. The number of benzene rings is 1. The van der Waals surface area contributed by atoms with Crippen molar-refractivity contribution in [2.24, 2.45) is 0 Å². The van der Waals surface area contributed by atoms with Crippen LogP contribution >= 0.6 is 0 Å². The number of methoxy groups -OCH3 is 1. The maximum atomic E-state index is 10.8. The van der Waals surface area contributed by atoms with Crippen molar-refractivity contribution in [2.45, 2.75) is 25.4 Å². The zero-order valence-electron chi connectivity index (χ0n) is 11.0. The lowest BCUT2D eigenvalue weighted by molar-refractivity contribution is 0.112. The number of aldehydes is 1. The average Bonchev–Trinajstić information content (AvgIpc) is 3.24. The van der Waals surface area contributed by atoms with Gasteiger partial charge in [0, 0.05) is 11.5 Å². The number of carbonyl (C=O) groups excluding carboxylic acids is 1. The first kappa shape index (κ1) is 12.7. The Morgan fingerprint density at radius 1 is 1.40 bits per heavy atom. The first-order chi connectivity index (χ1) is 9.80. The predicted molar refractivity (Wildman–Crippen MR) is 69.0 cm³/mol. The minimum Gasteiger partial charge on any atom is -0.493 e. The SMILES string of the molecule is COc1ccc(C=O)cc1OCc1noc(C2CC2)n1. The van der Waals surface area contributed by atoms with E-state index in [1.54, 1.807) is 25.3 Å². The minimum atomic E-state index is 0.175. The standard InChI is InChI=1S/C14H14N2O4/c1-18-11-5-2-9(7-17)6-12(11)19-8-13-15-14(20-16-13)10-3-4-10/h2,5-7,10H,3-4,8H2,1H3. The molecule has 0 spiro atoms. The Balaban J connectivity index is 1.71. The molecule has 0 radical (unpaired) electrons. The number of hydrogen-bond donors (Lipinski definition) is 0. The van der Waals surface area contributed by atoms with Crippen LogP contribution in [0.15, 0.2) is 22.7 Å². The van der Waals surface area contributed by atoms with Crippen LogP contribution < -0.4 is 9.47 Å². The van der Waals surface area contributed by atoms with E-state index in [4.69, 9.17) is 14.0 Å². The fraction of sp³-hybridized carbons (Fsp3) is 0.357.